The molecule has 1 fully saturated rings. The third-order valence-corrected chi connectivity index (χ3v) is 3.55. The average Bonchev–Trinajstić information content (AvgIpc) is 3.01. The summed E-state index contributed by atoms with van der Waals surface area (Å²) in [7, 11) is 1.75. The predicted molar refractivity (Wildman–Crippen MR) is 74.2 cm³/mol. The van der Waals surface area contributed by atoms with Crippen LogP contribution in [0.3, 0.4) is 0 Å². The van der Waals surface area contributed by atoms with Crippen molar-refractivity contribution in [1.29, 1.82) is 0 Å². The molecule has 0 radical (unpaired) electrons. The van der Waals surface area contributed by atoms with Gasteiger partial charge in [-0.1, -0.05) is 0 Å². The van der Waals surface area contributed by atoms with E-state index in [-0.39, 0.29) is 5.28 Å². The summed E-state index contributed by atoms with van der Waals surface area (Å²) in [5.41, 5.74) is 0. The highest BCUT2D eigenvalue weighted by Gasteiger charge is 2.21. The van der Waals surface area contributed by atoms with Crippen LogP contribution in [0.4, 0.5) is 5.95 Å². The molecule has 0 spiro atoms. The molecule has 2 aromatic heterocycles. The summed E-state index contributed by atoms with van der Waals surface area (Å²) in [5.74, 6) is 1.08. The van der Waals surface area contributed by atoms with Crippen molar-refractivity contribution < 1.29 is 4.74 Å². The first-order valence-corrected chi connectivity index (χ1v) is 6.81. The largest absolute Gasteiger partial charge is 0.381 e. The van der Waals surface area contributed by atoms with Crippen LogP contribution in [0.5, 0.6) is 0 Å². The third-order valence-electron chi connectivity index (χ3n) is 3.38. The maximum atomic E-state index is 5.99. The van der Waals surface area contributed by atoms with Gasteiger partial charge in [-0.3, -0.25) is 4.57 Å². The van der Waals surface area contributed by atoms with Gasteiger partial charge in [0.1, 0.15) is 6.33 Å². The van der Waals surface area contributed by atoms with Gasteiger partial charge in [-0.2, -0.15) is 15.0 Å². The molecule has 7 nitrogen and oxygen atoms in total. The normalized spacial score (nSPS) is 16.6. The molecular formula is C12H15ClN6O. The Balaban J connectivity index is 1.83. The van der Waals surface area contributed by atoms with E-state index < -0.39 is 0 Å². The number of hydrogen-bond acceptors (Lipinski definition) is 6. The van der Waals surface area contributed by atoms with Crippen LogP contribution in [-0.2, 0) is 4.74 Å². The number of imidazole rings is 1. The summed E-state index contributed by atoms with van der Waals surface area (Å²) in [5, 5.41) is 0.188. The van der Waals surface area contributed by atoms with Crippen LogP contribution in [0.25, 0.3) is 5.95 Å². The van der Waals surface area contributed by atoms with Crippen LogP contribution >= 0.6 is 11.6 Å². The Kier molecular flexibility index (Phi) is 3.79. The summed E-state index contributed by atoms with van der Waals surface area (Å²) in [4.78, 5) is 18.9. The van der Waals surface area contributed by atoms with Crippen LogP contribution in [0.1, 0.15) is 12.8 Å². The van der Waals surface area contributed by atoms with Gasteiger partial charge in [0.25, 0.3) is 0 Å². The summed E-state index contributed by atoms with van der Waals surface area (Å²) in [6.07, 6.45) is 7.30. The van der Waals surface area contributed by atoms with E-state index in [2.05, 4.69) is 24.8 Å². The van der Waals surface area contributed by atoms with Crippen molar-refractivity contribution in [3.63, 3.8) is 0 Å². The lowest BCUT2D eigenvalue weighted by Gasteiger charge is -2.31. The minimum atomic E-state index is 0.188. The van der Waals surface area contributed by atoms with Crippen molar-refractivity contribution in [2.45, 2.75) is 18.9 Å². The highest BCUT2D eigenvalue weighted by Crippen LogP contribution is 2.19. The second-order valence-corrected chi connectivity index (χ2v) is 4.93. The van der Waals surface area contributed by atoms with Crippen molar-refractivity contribution in [3.05, 3.63) is 24.0 Å². The minimum absolute atomic E-state index is 0.188. The molecule has 0 N–H and O–H groups in total. The maximum absolute atomic E-state index is 5.99. The van der Waals surface area contributed by atoms with Crippen molar-refractivity contribution in [2.75, 3.05) is 25.1 Å². The molecule has 1 saturated heterocycles. The number of ether oxygens (including phenoxy) is 1. The topological polar surface area (TPSA) is 69.0 Å². The van der Waals surface area contributed by atoms with Crippen LogP contribution in [-0.4, -0.2) is 50.8 Å². The van der Waals surface area contributed by atoms with Gasteiger partial charge in [-0.15, -0.1) is 0 Å². The van der Waals surface area contributed by atoms with Gasteiger partial charge in [-0.05, 0) is 24.4 Å². The van der Waals surface area contributed by atoms with Gasteiger partial charge in [-0.25, -0.2) is 4.98 Å². The van der Waals surface area contributed by atoms with E-state index in [1.165, 1.54) is 0 Å². The van der Waals surface area contributed by atoms with E-state index in [0.717, 1.165) is 25.9 Å². The smallest absolute Gasteiger partial charge is 0.241 e. The number of halogens is 1. The Labute approximate surface area is 121 Å². The van der Waals surface area contributed by atoms with Gasteiger partial charge in [0.2, 0.25) is 17.2 Å². The number of aromatic nitrogens is 5. The van der Waals surface area contributed by atoms with Crippen molar-refractivity contribution >= 4 is 17.5 Å². The fraction of sp³-hybridized carbons (Fsp3) is 0.500. The fourth-order valence-electron chi connectivity index (χ4n) is 2.26. The Hall–Kier alpha value is -1.73. The zero-order chi connectivity index (χ0) is 13.9. The third kappa shape index (κ3) is 2.73. The maximum Gasteiger partial charge on any atom is 0.241 e. The number of hydrogen-bond donors (Lipinski definition) is 0. The van der Waals surface area contributed by atoms with Gasteiger partial charge in [0.05, 0.1) is 6.10 Å². The molecule has 1 aliphatic heterocycles. The molecule has 1 aliphatic rings. The molecule has 0 bridgehead atoms. The molecule has 3 heterocycles. The van der Waals surface area contributed by atoms with Gasteiger partial charge >= 0.3 is 0 Å². The lowest BCUT2D eigenvalue weighted by atomic mass is 10.1. The summed E-state index contributed by atoms with van der Waals surface area (Å²) in [6, 6.07) is 0. The van der Waals surface area contributed by atoms with Gasteiger partial charge in [0, 0.05) is 32.6 Å². The fourth-order valence-corrected chi connectivity index (χ4v) is 2.41. The number of methoxy groups -OCH3 is 1. The summed E-state index contributed by atoms with van der Waals surface area (Å²) >= 11 is 5.99. The first-order chi connectivity index (χ1) is 9.76. The molecule has 0 amide bonds. The van der Waals surface area contributed by atoms with E-state index in [0.29, 0.717) is 18.0 Å². The van der Waals surface area contributed by atoms with Crippen LogP contribution in [0.15, 0.2) is 18.7 Å². The molecular weight excluding hydrogens is 280 g/mol. The molecule has 0 atom stereocenters. The van der Waals surface area contributed by atoms with Crippen molar-refractivity contribution in [2.24, 2.45) is 0 Å². The number of anilines is 1. The number of nitrogens with zero attached hydrogens (tertiary/aromatic N) is 6. The molecule has 0 unspecified atom stereocenters. The van der Waals surface area contributed by atoms with Crippen LogP contribution in [0.2, 0.25) is 5.28 Å². The number of rotatable bonds is 3. The minimum Gasteiger partial charge on any atom is -0.381 e. The molecule has 8 heteroatoms. The predicted octanol–water partition coefficient (Wildman–Crippen LogP) is 1.33. The molecule has 3 rings (SSSR count). The van der Waals surface area contributed by atoms with Crippen molar-refractivity contribution in [3.8, 4) is 5.95 Å². The van der Waals surface area contributed by atoms with Crippen molar-refractivity contribution in [1.82, 2.24) is 24.5 Å². The van der Waals surface area contributed by atoms with Gasteiger partial charge < -0.3 is 9.64 Å². The standard InChI is InChI=1S/C12H15ClN6O/c1-20-9-2-5-18(6-3-9)11-15-10(13)16-12(17-11)19-7-4-14-8-19/h4,7-9H,2-3,5-6H2,1H3. The van der Waals surface area contributed by atoms with Crippen LogP contribution < -0.4 is 4.90 Å². The lowest BCUT2D eigenvalue weighted by Crippen LogP contribution is -2.37. The first kappa shape index (κ1) is 13.3. The zero-order valence-corrected chi connectivity index (χ0v) is 11.9. The average molecular weight is 295 g/mol. The molecule has 0 saturated carbocycles. The Bertz CT molecular complexity index is 567. The van der Waals surface area contributed by atoms with E-state index >= 15 is 0 Å². The highest BCUT2D eigenvalue weighted by atomic mass is 35.5. The van der Waals surface area contributed by atoms with E-state index in [1.807, 2.05) is 0 Å². The summed E-state index contributed by atoms with van der Waals surface area (Å²) < 4.78 is 7.07. The number of piperidine rings is 1. The Morgan fingerprint density at radius 3 is 2.60 bits per heavy atom. The second-order valence-electron chi connectivity index (χ2n) is 4.60. The quantitative estimate of drug-likeness (QED) is 0.850. The molecule has 0 aromatic carbocycles. The molecule has 20 heavy (non-hydrogen) atoms. The SMILES string of the molecule is COC1CCN(c2nc(Cl)nc(-n3ccnc3)n2)CC1. The van der Waals surface area contributed by atoms with Gasteiger partial charge in [0.15, 0.2) is 0 Å². The van der Waals surface area contributed by atoms with Crippen LogP contribution in [0, 0.1) is 0 Å². The highest BCUT2D eigenvalue weighted by molar-refractivity contribution is 6.28. The summed E-state index contributed by atoms with van der Waals surface area (Å²) in [6.45, 7) is 1.70. The molecule has 106 valence electrons. The van der Waals surface area contributed by atoms with E-state index in [1.54, 1.807) is 30.4 Å². The monoisotopic (exact) mass is 294 g/mol. The van der Waals surface area contributed by atoms with E-state index in [4.69, 9.17) is 16.3 Å². The Morgan fingerprint density at radius 2 is 1.95 bits per heavy atom. The Morgan fingerprint density at radius 1 is 1.20 bits per heavy atom. The zero-order valence-electron chi connectivity index (χ0n) is 11.1. The first-order valence-electron chi connectivity index (χ1n) is 6.44. The van der Waals surface area contributed by atoms with E-state index in [9.17, 15) is 0 Å². The second kappa shape index (κ2) is 5.72. The molecule has 0 aliphatic carbocycles. The lowest BCUT2D eigenvalue weighted by molar-refractivity contribution is 0.0816. The molecule has 2 aromatic rings.